The standard InChI is InChI=1S/C25H42ClN3O2S/c26-25-15-14-24(22-27-25)23-32-28-16-13-19-29(17-9-5-1-3-7-11-20-30)18-10-6-2-4-8-12-21-31/h14-15,20-22,28H,1-13,16-19,23H2. The maximum atomic E-state index is 10.4. The van der Waals surface area contributed by atoms with Gasteiger partial charge in [-0.05, 0) is 63.4 Å². The average molecular weight is 484 g/mol. The van der Waals surface area contributed by atoms with Crippen LogP contribution < -0.4 is 4.72 Å². The number of aromatic nitrogens is 1. The van der Waals surface area contributed by atoms with Crippen molar-refractivity contribution in [1.82, 2.24) is 14.6 Å². The third-order valence-electron chi connectivity index (χ3n) is 5.48. The summed E-state index contributed by atoms with van der Waals surface area (Å²) in [6.45, 7) is 4.47. The zero-order chi connectivity index (χ0) is 23.1. The fourth-order valence-electron chi connectivity index (χ4n) is 3.60. The molecule has 0 aromatic carbocycles. The lowest BCUT2D eigenvalue weighted by Crippen LogP contribution is -2.29. The minimum absolute atomic E-state index is 0.536. The smallest absolute Gasteiger partial charge is 0.129 e. The van der Waals surface area contributed by atoms with Crippen molar-refractivity contribution in [2.45, 2.75) is 89.2 Å². The summed E-state index contributed by atoms with van der Waals surface area (Å²) in [5, 5.41) is 0.536. The molecule has 0 atom stereocenters. The molecular weight excluding hydrogens is 442 g/mol. The van der Waals surface area contributed by atoms with E-state index in [-0.39, 0.29) is 0 Å². The lowest BCUT2D eigenvalue weighted by molar-refractivity contribution is -0.108. The minimum Gasteiger partial charge on any atom is -0.303 e. The Labute approximate surface area is 204 Å². The van der Waals surface area contributed by atoms with Crippen LogP contribution in [0.25, 0.3) is 0 Å². The molecule has 1 rings (SSSR count). The molecule has 1 aromatic heterocycles. The van der Waals surface area contributed by atoms with Crippen LogP contribution in [0.5, 0.6) is 0 Å². The van der Waals surface area contributed by atoms with Crippen LogP contribution in [0.3, 0.4) is 0 Å². The first-order valence-corrected chi connectivity index (χ1v) is 13.7. The van der Waals surface area contributed by atoms with Gasteiger partial charge in [-0.25, -0.2) is 4.98 Å². The van der Waals surface area contributed by atoms with Gasteiger partial charge in [-0.2, -0.15) is 0 Å². The monoisotopic (exact) mass is 483 g/mol. The Balaban J connectivity index is 2.16. The van der Waals surface area contributed by atoms with Gasteiger partial charge in [0.15, 0.2) is 0 Å². The number of carbonyl (C=O) groups excluding carboxylic acids is 2. The van der Waals surface area contributed by atoms with Gasteiger partial charge in [-0.15, -0.1) is 0 Å². The molecule has 0 amide bonds. The highest BCUT2D eigenvalue weighted by molar-refractivity contribution is 7.96. The van der Waals surface area contributed by atoms with E-state index in [1.54, 1.807) is 11.9 Å². The summed E-state index contributed by atoms with van der Waals surface area (Å²) in [4.78, 5) is 27.5. The number of carbonyl (C=O) groups is 2. The summed E-state index contributed by atoms with van der Waals surface area (Å²) in [5.41, 5.74) is 1.18. The fourth-order valence-corrected chi connectivity index (χ4v) is 4.44. The van der Waals surface area contributed by atoms with Crippen LogP contribution in [-0.2, 0) is 15.3 Å². The molecule has 0 spiro atoms. The molecule has 0 radical (unpaired) electrons. The molecule has 0 saturated carbocycles. The van der Waals surface area contributed by atoms with Crippen LogP contribution in [0.4, 0.5) is 0 Å². The van der Waals surface area contributed by atoms with Crippen molar-refractivity contribution in [1.29, 1.82) is 0 Å². The number of nitrogens with one attached hydrogen (secondary N) is 1. The van der Waals surface area contributed by atoms with Crippen LogP contribution >= 0.6 is 23.5 Å². The molecule has 0 fully saturated rings. The molecule has 7 heteroatoms. The topological polar surface area (TPSA) is 62.3 Å². The lowest BCUT2D eigenvalue weighted by atomic mass is 10.1. The molecule has 32 heavy (non-hydrogen) atoms. The first kappa shape index (κ1) is 29.1. The molecule has 1 heterocycles. The Morgan fingerprint density at radius 2 is 1.38 bits per heavy atom. The van der Waals surface area contributed by atoms with E-state index in [2.05, 4.69) is 14.6 Å². The highest BCUT2D eigenvalue weighted by atomic mass is 35.5. The zero-order valence-electron chi connectivity index (χ0n) is 19.6. The van der Waals surface area contributed by atoms with Gasteiger partial charge in [0.05, 0.1) is 0 Å². The van der Waals surface area contributed by atoms with Gasteiger partial charge in [0.25, 0.3) is 0 Å². The van der Waals surface area contributed by atoms with Gasteiger partial charge in [0.1, 0.15) is 17.7 Å². The number of nitrogens with zero attached hydrogens (tertiary/aromatic N) is 2. The number of pyridine rings is 1. The van der Waals surface area contributed by atoms with Crippen LogP contribution in [-0.4, -0.2) is 48.6 Å². The molecule has 0 bridgehead atoms. The van der Waals surface area contributed by atoms with Gasteiger partial charge in [0, 0.05) is 31.3 Å². The zero-order valence-corrected chi connectivity index (χ0v) is 21.2. The SMILES string of the molecule is O=CCCCCCCCN(CCCCCCCC=O)CCCNSCc1ccc(Cl)nc1. The predicted molar refractivity (Wildman–Crippen MR) is 137 cm³/mol. The van der Waals surface area contributed by atoms with Crippen LogP contribution in [0.15, 0.2) is 18.3 Å². The summed E-state index contributed by atoms with van der Waals surface area (Å²) in [6, 6.07) is 3.85. The Morgan fingerprint density at radius 3 is 1.94 bits per heavy atom. The molecule has 5 nitrogen and oxygen atoms in total. The van der Waals surface area contributed by atoms with E-state index < -0.39 is 0 Å². The van der Waals surface area contributed by atoms with E-state index in [0.29, 0.717) is 18.0 Å². The predicted octanol–water partition coefficient (Wildman–Crippen LogP) is 6.24. The number of hydrogen-bond acceptors (Lipinski definition) is 6. The van der Waals surface area contributed by atoms with E-state index in [1.165, 1.54) is 70.0 Å². The van der Waals surface area contributed by atoms with Gasteiger partial charge < -0.3 is 14.5 Å². The van der Waals surface area contributed by atoms with Crippen LogP contribution in [0.2, 0.25) is 5.15 Å². The fraction of sp³-hybridized carbons (Fsp3) is 0.720. The van der Waals surface area contributed by atoms with Crippen molar-refractivity contribution in [3.8, 4) is 0 Å². The average Bonchev–Trinajstić information content (AvgIpc) is 2.80. The normalized spacial score (nSPS) is 11.2. The van der Waals surface area contributed by atoms with Gasteiger partial charge in [0.2, 0.25) is 0 Å². The van der Waals surface area contributed by atoms with Crippen molar-refractivity contribution in [2.75, 3.05) is 26.2 Å². The summed E-state index contributed by atoms with van der Waals surface area (Å²) < 4.78 is 3.47. The van der Waals surface area contributed by atoms with Crippen molar-refractivity contribution in [3.05, 3.63) is 29.0 Å². The number of unbranched alkanes of at least 4 members (excludes halogenated alkanes) is 10. The third-order valence-corrected chi connectivity index (χ3v) is 6.58. The molecule has 0 aliphatic carbocycles. The molecule has 1 aromatic rings. The first-order valence-electron chi connectivity index (χ1n) is 12.3. The summed E-state index contributed by atoms with van der Waals surface area (Å²) in [6.07, 6.45) is 18.3. The van der Waals surface area contributed by atoms with E-state index in [0.717, 1.165) is 50.7 Å². The van der Waals surface area contributed by atoms with E-state index in [1.807, 2.05) is 18.3 Å². The number of hydrogen-bond donors (Lipinski definition) is 1. The molecular formula is C25H42ClN3O2S. The van der Waals surface area contributed by atoms with Crippen molar-refractivity contribution >= 4 is 36.1 Å². The Bertz CT molecular complexity index is 553. The Morgan fingerprint density at radius 1 is 0.812 bits per heavy atom. The van der Waals surface area contributed by atoms with Gasteiger partial charge in [-0.1, -0.05) is 68.1 Å². The minimum atomic E-state index is 0.536. The Hall–Kier alpha value is -0.950. The molecule has 182 valence electrons. The maximum Gasteiger partial charge on any atom is 0.129 e. The number of halogens is 1. The van der Waals surface area contributed by atoms with E-state index in [4.69, 9.17) is 11.6 Å². The van der Waals surface area contributed by atoms with Crippen molar-refractivity contribution in [3.63, 3.8) is 0 Å². The second-order valence-electron chi connectivity index (χ2n) is 8.31. The van der Waals surface area contributed by atoms with Crippen LogP contribution in [0.1, 0.15) is 89.0 Å². The molecule has 0 unspecified atom stereocenters. The molecule has 0 aliphatic rings. The Kier molecular flexibility index (Phi) is 19.9. The number of aldehydes is 2. The largest absolute Gasteiger partial charge is 0.303 e. The second kappa shape index (κ2) is 21.9. The lowest BCUT2D eigenvalue weighted by Gasteiger charge is -2.22. The summed E-state index contributed by atoms with van der Waals surface area (Å²) in [5.74, 6) is 0.891. The molecule has 0 saturated heterocycles. The highest BCUT2D eigenvalue weighted by Gasteiger charge is 2.05. The molecule has 0 aliphatic heterocycles. The summed E-state index contributed by atoms with van der Waals surface area (Å²) in [7, 11) is 0. The first-order chi connectivity index (χ1) is 15.8. The summed E-state index contributed by atoms with van der Waals surface area (Å²) >= 11 is 7.55. The number of rotatable bonds is 23. The van der Waals surface area contributed by atoms with Crippen molar-refractivity contribution in [2.24, 2.45) is 0 Å². The van der Waals surface area contributed by atoms with Gasteiger partial charge in [-0.3, -0.25) is 4.72 Å². The van der Waals surface area contributed by atoms with Crippen molar-refractivity contribution < 1.29 is 9.59 Å². The quantitative estimate of drug-likeness (QED) is 0.0859. The van der Waals surface area contributed by atoms with Gasteiger partial charge >= 0.3 is 0 Å². The maximum absolute atomic E-state index is 10.4. The second-order valence-corrected chi connectivity index (χ2v) is 9.57. The molecule has 1 N–H and O–H groups in total. The third kappa shape index (κ3) is 17.6. The van der Waals surface area contributed by atoms with Crippen LogP contribution in [0, 0.1) is 0 Å². The van der Waals surface area contributed by atoms with E-state index >= 15 is 0 Å². The highest BCUT2D eigenvalue weighted by Crippen LogP contribution is 2.12. The van der Waals surface area contributed by atoms with E-state index in [9.17, 15) is 9.59 Å².